The van der Waals surface area contributed by atoms with Crippen LogP contribution in [0.1, 0.15) is 5.56 Å². The van der Waals surface area contributed by atoms with E-state index in [1.54, 1.807) is 0 Å². The zero-order valence-corrected chi connectivity index (χ0v) is 7.71. The Bertz CT molecular complexity index is 334. The van der Waals surface area contributed by atoms with E-state index < -0.39 is 23.2 Å². The minimum Gasteiger partial charge on any atom is -0.396 e. The maximum atomic E-state index is 12.9. The quantitative estimate of drug-likeness (QED) is 0.561. The number of nitrogen functional groups attached to an aromatic ring is 1. The molecule has 0 saturated carbocycles. The van der Waals surface area contributed by atoms with Crippen LogP contribution in [-0.2, 0) is 6.18 Å². The molecule has 13 heavy (non-hydrogen) atoms. The fourth-order valence-electron chi connectivity index (χ4n) is 0.828. The molecule has 0 saturated heterocycles. The predicted molar refractivity (Wildman–Crippen MR) is 43.5 cm³/mol. The first kappa shape index (κ1) is 10.3. The first-order valence-corrected chi connectivity index (χ1v) is 3.94. The van der Waals surface area contributed by atoms with Gasteiger partial charge < -0.3 is 5.73 Å². The SMILES string of the molecule is Nc1ccc(Br)c(C(F)(F)F)c1F. The number of benzene rings is 1. The third kappa shape index (κ3) is 1.93. The van der Waals surface area contributed by atoms with Gasteiger partial charge in [-0.25, -0.2) is 4.39 Å². The summed E-state index contributed by atoms with van der Waals surface area (Å²) in [6, 6.07) is 2.12. The van der Waals surface area contributed by atoms with Crippen molar-refractivity contribution < 1.29 is 17.6 Å². The smallest absolute Gasteiger partial charge is 0.396 e. The first-order valence-electron chi connectivity index (χ1n) is 3.14. The van der Waals surface area contributed by atoms with Crippen LogP contribution in [0.3, 0.4) is 0 Å². The molecule has 1 aromatic rings. The molecule has 0 fully saturated rings. The highest BCUT2D eigenvalue weighted by Gasteiger charge is 2.37. The van der Waals surface area contributed by atoms with E-state index in [0.29, 0.717) is 0 Å². The lowest BCUT2D eigenvalue weighted by atomic mass is 10.2. The molecule has 0 atom stereocenters. The fraction of sp³-hybridized carbons (Fsp3) is 0.143. The molecular formula is C7H4BrF4N. The van der Waals surface area contributed by atoms with E-state index in [2.05, 4.69) is 15.9 Å². The monoisotopic (exact) mass is 257 g/mol. The summed E-state index contributed by atoms with van der Waals surface area (Å²) in [5.41, 5.74) is 3.10. The molecular weight excluding hydrogens is 254 g/mol. The fourth-order valence-corrected chi connectivity index (χ4v) is 1.36. The molecule has 1 aromatic carbocycles. The van der Waals surface area contributed by atoms with E-state index in [4.69, 9.17) is 5.73 Å². The van der Waals surface area contributed by atoms with E-state index in [9.17, 15) is 17.6 Å². The second kappa shape index (κ2) is 3.17. The Morgan fingerprint density at radius 3 is 2.15 bits per heavy atom. The third-order valence-electron chi connectivity index (χ3n) is 1.40. The Kier molecular flexibility index (Phi) is 2.51. The van der Waals surface area contributed by atoms with Crippen LogP contribution in [0.2, 0.25) is 0 Å². The molecule has 72 valence electrons. The Balaban J connectivity index is 3.43. The number of nitrogens with two attached hydrogens (primary N) is 1. The lowest BCUT2D eigenvalue weighted by Gasteiger charge is -2.10. The third-order valence-corrected chi connectivity index (χ3v) is 2.07. The van der Waals surface area contributed by atoms with Crippen molar-refractivity contribution in [3.63, 3.8) is 0 Å². The molecule has 1 rings (SSSR count). The zero-order valence-electron chi connectivity index (χ0n) is 6.12. The topological polar surface area (TPSA) is 26.0 Å². The number of anilines is 1. The molecule has 0 aliphatic heterocycles. The van der Waals surface area contributed by atoms with Gasteiger partial charge in [0.05, 0.1) is 5.69 Å². The van der Waals surface area contributed by atoms with Gasteiger partial charge in [-0.15, -0.1) is 0 Å². The van der Waals surface area contributed by atoms with Crippen LogP contribution in [0.15, 0.2) is 16.6 Å². The Hall–Kier alpha value is -0.780. The number of halogens is 5. The zero-order chi connectivity index (χ0) is 10.2. The van der Waals surface area contributed by atoms with Gasteiger partial charge in [0.2, 0.25) is 0 Å². The van der Waals surface area contributed by atoms with Crippen molar-refractivity contribution in [3.05, 3.63) is 28.0 Å². The van der Waals surface area contributed by atoms with Gasteiger partial charge in [-0.3, -0.25) is 0 Å². The normalized spacial score (nSPS) is 11.8. The van der Waals surface area contributed by atoms with Gasteiger partial charge in [-0.2, -0.15) is 13.2 Å². The lowest BCUT2D eigenvalue weighted by molar-refractivity contribution is -0.140. The summed E-state index contributed by atoms with van der Waals surface area (Å²) >= 11 is 2.60. The Morgan fingerprint density at radius 2 is 1.77 bits per heavy atom. The van der Waals surface area contributed by atoms with Gasteiger partial charge in [0.15, 0.2) is 5.82 Å². The predicted octanol–water partition coefficient (Wildman–Crippen LogP) is 3.19. The van der Waals surface area contributed by atoms with Crippen LogP contribution in [0.5, 0.6) is 0 Å². The second-order valence-corrected chi connectivity index (χ2v) is 3.18. The molecule has 0 heterocycles. The summed E-state index contributed by atoms with van der Waals surface area (Å²) in [5.74, 6) is -1.44. The van der Waals surface area contributed by atoms with E-state index in [1.165, 1.54) is 0 Å². The maximum absolute atomic E-state index is 12.9. The van der Waals surface area contributed by atoms with Crippen LogP contribution < -0.4 is 5.73 Å². The average Bonchev–Trinajstić information content (AvgIpc) is 1.95. The van der Waals surface area contributed by atoms with E-state index in [0.717, 1.165) is 12.1 Å². The number of hydrogen-bond acceptors (Lipinski definition) is 1. The van der Waals surface area contributed by atoms with E-state index in [-0.39, 0.29) is 4.47 Å². The standard InChI is InChI=1S/C7H4BrF4N/c8-3-1-2-4(13)6(9)5(3)7(10,11)12/h1-2H,13H2. The lowest BCUT2D eigenvalue weighted by Crippen LogP contribution is -2.10. The molecule has 0 radical (unpaired) electrons. The minimum atomic E-state index is -4.74. The molecule has 1 nitrogen and oxygen atoms in total. The highest BCUT2D eigenvalue weighted by molar-refractivity contribution is 9.10. The van der Waals surface area contributed by atoms with Crippen LogP contribution >= 0.6 is 15.9 Å². The Labute approximate surface area is 79.7 Å². The van der Waals surface area contributed by atoms with Crippen molar-refractivity contribution in [2.75, 3.05) is 5.73 Å². The molecule has 0 amide bonds. The van der Waals surface area contributed by atoms with Crippen molar-refractivity contribution in [2.24, 2.45) is 0 Å². The van der Waals surface area contributed by atoms with Gasteiger partial charge in [0.25, 0.3) is 0 Å². The van der Waals surface area contributed by atoms with Gasteiger partial charge in [0, 0.05) is 4.47 Å². The van der Waals surface area contributed by atoms with E-state index in [1.807, 2.05) is 0 Å². The molecule has 0 aromatic heterocycles. The van der Waals surface area contributed by atoms with E-state index >= 15 is 0 Å². The van der Waals surface area contributed by atoms with Crippen molar-refractivity contribution >= 4 is 21.6 Å². The van der Waals surface area contributed by atoms with Crippen LogP contribution in [0.4, 0.5) is 23.2 Å². The minimum absolute atomic E-state index is 0.355. The molecule has 0 spiro atoms. The summed E-state index contributed by atoms with van der Waals surface area (Å²) in [7, 11) is 0. The van der Waals surface area contributed by atoms with Gasteiger partial charge in [-0.1, -0.05) is 15.9 Å². The first-order chi connectivity index (χ1) is 5.84. The van der Waals surface area contributed by atoms with Crippen molar-refractivity contribution in [3.8, 4) is 0 Å². The van der Waals surface area contributed by atoms with Gasteiger partial charge >= 0.3 is 6.18 Å². The van der Waals surface area contributed by atoms with Crippen LogP contribution in [0.25, 0.3) is 0 Å². The van der Waals surface area contributed by atoms with Crippen LogP contribution in [0, 0.1) is 5.82 Å². The summed E-state index contributed by atoms with van der Waals surface area (Å²) in [6.45, 7) is 0. The number of alkyl halides is 3. The summed E-state index contributed by atoms with van der Waals surface area (Å²) in [6.07, 6.45) is -4.74. The maximum Gasteiger partial charge on any atom is 0.420 e. The second-order valence-electron chi connectivity index (χ2n) is 2.32. The highest BCUT2D eigenvalue weighted by Crippen LogP contribution is 2.38. The molecule has 0 aliphatic rings. The molecule has 2 N–H and O–H groups in total. The molecule has 0 unspecified atom stereocenters. The molecule has 6 heteroatoms. The van der Waals surface area contributed by atoms with Gasteiger partial charge in [-0.05, 0) is 12.1 Å². The van der Waals surface area contributed by atoms with Crippen molar-refractivity contribution in [1.29, 1.82) is 0 Å². The highest BCUT2D eigenvalue weighted by atomic mass is 79.9. The largest absolute Gasteiger partial charge is 0.420 e. The summed E-state index contributed by atoms with van der Waals surface area (Å²) < 4.78 is 49.0. The number of hydrogen-bond donors (Lipinski definition) is 1. The Morgan fingerprint density at radius 1 is 1.23 bits per heavy atom. The molecule has 0 aliphatic carbocycles. The van der Waals surface area contributed by atoms with Crippen LogP contribution in [-0.4, -0.2) is 0 Å². The van der Waals surface area contributed by atoms with Crippen molar-refractivity contribution in [1.82, 2.24) is 0 Å². The summed E-state index contributed by atoms with van der Waals surface area (Å²) in [5, 5.41) is 0. The van der Waals surface area contributed by atoms with Crippen molar-refractivity contribution in [2.45, 2.75) is 6.18 Å². The average molecular weight is 258 g/mol. The summed E-state index contributed by atoms with van der Waals surface area (Å²) in [4.78, 5) is 0. The van der Waals surface area contributed by atoms with Gasteiger partial charge in [0.1, 0.15) is 5.56 Å². The number of rotatable bonds is 0. The molecule has 0 bridgehead atoms.